The first-order valence-electron chi connectivity index (χ1n) is 11.8. The molecule has 1 aromatic rings. The number of carboxylic acid groups (broad SMARTS) is 2. The molecule has 4 heterocycles. The number of ether oxygens (including phenoxy) is 2. The van der Waals surface area contributed by atoms with Crippen LogP contribution in [0.5, 0.6) is 0 Å². The minimum atomic E-state index is -5.08. The predicted molar refractivity (Wildman–Crippen MR) is 120 cm³/mol. The van der Waals surface area contributed by atoms with Crippen molar-refractivity contribution in [1.82, 2.24) is 14.9 Å². The number of aliphatic carboxylic acids is 2. The lowest BCUT2D eigenvalue weighted by Crippen LogP contribution is -2.60. The second-order valence-corrected chi connectivity index (χ2v) is 9.02. The molecule has 16 heteroatoms. The Kier molecular flexibility index (Phi) is 11.5. The van der Waals surface area contributed by atoms with E-state index in [2.05, 4.69) is 19.8 Å². The van der Waals surface area contributed by atoms with Crippen LogP contribution >= 0.6 is 0 Å². The third-order valence-electron chi connectivity index (χ3n) is 6.08. The van der Waals surface area contributed by atoms with Crippen molar-refractivity contribution in [2.45, 2.75) is 43.6 Å². The second kappa shape index (κ2) is 13.9. The molecule has 216 valence electrons. The third-order valence-corrected chi connectivity index (χ3v) is 6.08. The summed E-state index contributed by atoms with van der Waals surface area (Å²) in [4.78, 5) is 31.4. The number of anilines is 1. The zero-order valence-corrected chi connectivity index (χ0v) is 20.4. The number of morpholine rings is 1. The summed E-state index contributed by atoms with van der Waals surface area (Å²) >= 11 is 0. The lowest BCUT2D eigenvalue weighted by atomic mass is 9.89. The van der Waals surface area contributed by atoms with Gasteiger partial charge in [0.05, 0.1) is 18.4 Å². The highest BCUT2D eigenvalue weighted by molar-refractivity contribution is 5.73. The zero-order valence-electron chi connectivity index (χ0n) is 20.4. The summed E-state index contributed by atoms with van der Waals surface area (Å²) in [7, 11) is 0. The fourth-order valence-electron chi connectivity index (χ4n) is 4.37. The topological polar surface area (TPSA) is 125 Å². The molecule has 0 amide bonds. The quantitative estimate of drug-likeness (QED) is 0.533. The van der Waals surface area contributed by atoms with Gasteiger partial charge >= 0.3 is 24.3 Å². The molecule has 4 rings (SSSR count). The van der Waals surface area contributed by atoms with Gasteiger partial charge in [0.15, 0.2) is 0 Å². The first kappa shape index (κ1) is 31.5. The SMILES string of the molecule is O=C(O)C(F)(F)F.O=C(O)C(F)(F)F.c1cnc(N2CCCC3(CN(CC4CCOCC4)CCO3)C2)cn1. The largest absolute Gasteiger partial charge is 0.490 e. The van der Waals surface area contributed by atoms with Crippen LogP contribution < -0.4 is 4.90 Å². The summed E-state index contributed by atoms with van der Waals surface area (Å²) < 4.78 is 75.3. The maximum Gasteiger partial charge on any atom is 0.490 e. The molecule has 0 bridgehead atoms. The molecule has 38 heavy (non-hydrogen) atoms. The van der Waals surface area contributed by atoms with Gasteiger partial charge in [0, 0.05) is 58.3 Å². The van der Waals surface area contributed by atoms with Crippen LogP contribution in [0.25, 0.3) is 0 Å². The number of rotatable bonds is 3. The molecule has 1 spiro atoms. The number of hydrogen-bond donors (Lipinski definition) is 2. The minimum Gasteiger partial charge on any atom is -0.475 e. The van der Waals surface area contributed by atoms with Crippen LogP contribution in [0, 0.1) is 5.92 Å². The van der Waals surface area contributed by atoms with Gasteiger partial charge in [0.1, 0.15) is 5.82 Å². The molecule has 1 aromatic heterocycles. The fourth-order valence-corrected chi connectivity index (χ4v) is 4.37. The summed E-state index contributed by atoms with van der Waals surface area (Å²) in [5.74, 6) is -3.75. The molecule has 3 fully saturated rings. The molecule has 0 saturated carbocycles. The second-order valence-electron chi connectivity index (χ2n) is 9.02. The number of aromatic nitrogens is 2. The van der Waals surface area contributed by atoms with Crippen molar-refractivity contribution in [3.63, 3.8) is 0 Å². The Morgan fingerprint density at radius 2 is 1.58 bits per heavy atom. The molecular formula is C22H30F6N4O6. The van der Waals surface area contributed by atoms with Crippen molar-refractivity contribution in [2.24, 2.45) is 5.92 Å². The predicted octanol–water partition coefficient (Wildman–Crippen LogP) is 2.84. The van der Waals surface area contributed by atoms with Crippen LogP contribution in [-0.4, -0.2) is 108 Å². The van der Waals surface area contributed by atoms with Crippen molar-refractivity contribution in [3.8, 4) is 0 Å². The van der Waals surface area contributed by atoms with Gasteiger partial charge in [-0.2, -0.15) is 26.3 Å². The van der Waals surface area contributed by atoms with E-state index in [1.165, 1.54) is 19.4 Å². The maximum absolute atomic E-state index is 10.6. The number of piperidine rings is 1. The van der Waals surface area contributed by atoms with Gasteiger partial charge < -0.3 is 24.6 Å². The van der Waals surface area contributed by atoms with Gasteiger partial charge in [-0.1, -0.05) is 0 Å². The standard InChI is InChI=1S/C18H28N4O2.2C2HF3O2/c1-4-18(15-22(7-1)17-12-19-5-6-20-17)14-21(8-11-24-18)13-16-2-9-23-10-3-16;2*3-2(4,5)1(6)7/h5-6,12,16H,1-4,7-11,13-15H2;2*(H,6,7). The van der Waals surface area contributed by atoms with E-state index in [-0.39, 0.29) is 5.60 Å². The van der Waals surface area contributed by atoms with Crippen LogP contribution in [0.4, 0.5) is 32.2 Å². The van der Waals surface area contributed by atoms with Gasteiger partial charge in [-0.25, -0.2) is 14.6 Å². The lowest BCUT2D eigenvalue weighted by molar-refractivity contribution is -0.193. The highest BCUT2D eigenvalue weighted by Crippen LogP contribution is 2.31. The highest BCUT2D eigenvalue weighted by Gasteiger charge is 2.41. The van der Waals surface area contributed by atoms with E-state index in [1.54, 1.807) is 12.4 Å². The van der Waals surface area contributed by atoms with E-state index >= 15 is 0 Å². The van der Waals surface area contributed by atoms with Crippen molar-refractivity contribution in [2.75, 3.05) is 57.4 Å². The number of nitrogens with zero attached hydrogens (tertiary/aromatic N) is 4. The van der Waals surface area contributed by atoms with Gasteiger partial charge in [0.2, 0.25) is 0 Å². The lowest BCUT2D eigenvalue weighted by Gasteiger charge is -2.49. The molecule has 1 unspecified atom stereocenters. The van der Waals surface area contributed by atoms with Gasteiger partial charge in [-0.05, 0) is 31.6 Å². The Balaban J connectivity index is 0.000000301. The first-order chi connectivity index (χ1) is 17.7. The Labute approximate surface area is 214 Å². The van der Waals surface area contributed by atoms with E-state index in [0.29, 0.717) is 0 Å². The van der Waals surface area contributed by atoms with Crippen molar-refractivity contribution in [1.29, 1.82) is 0 Å². The fraction of sp³-hybridized carbons (Fsp3) is 0.727. The van der Waals surface area contributed by atoms with Crippen LogP contribution in [0.2, 0.25) is 0 Å². The van der Waals surface area contributed by atoms with E-state index in [9.17, 15) is 26.3 Å². The average Bonchev–Trinajstić information content (AvgIpc) is 2.85. The molecule has 2 N–H and O–H groups in total. The number of halogens is 6. The maximum atomic E-state index is 10.6. The normalized spacial score (nSPS) is 23.1. The van der Waals surface area contributed by atoms with Gasteiger partial charge in [-0.15, -0.1) is 0 Å². The van der Waals surface area contributed by atoms with Crippen molar-refractivity contribution < 1.29 is 55.6 Å². The average molecular weight is 560 g/mol. The number of carboxylic acids is 2. The van der Waals surface area contributed by atoms with E-state index in [4.69, 9.17) is 29.3 Å². The molecule has 0 radical (unpaired) electrons. The third kappa shape index (κ3) is 10.6. The van der Waals surface area contributed by atoms with Crippen molar-refractivity contribution >= 4 is 17.8 Å². The summed E-state index contributed by atoms with van der Waals surface area (Å²) in [6.45, 7) is 7.98. The van der Waals surface area contributed by atoms with Crippen LogP contribution in [0.3, 0.4) is 0 Å². The summed E-state index contributed by atoms with van der Waals surface area (Å²) in [6.07, 6.45) is -0.0880. The zero-order chi connectivity index (χ0) is 28.4. The monoisotopic (exact) mass is 560 g/mol. The molecule has 3 aliphatic heterocycles. The molecule has 0 aliphatic carbocycles. The Morgan fingerprint density at radius 3 is 2.11 bits per heavy atom. The molecule has 1 atom stereocenters. The smallest absolute Gasteiger partial charge is 0.475 e. The van der Waals surface area contributed by atoms with Crippen LogP contribution in [-0.2, 0) is 19.1 Å². The summed E-state index contributed by atoms with van der Waals surface area (Å²) in [5, 5.41) is 14.2. The van der Waals surface area contributed by atoms with Crippen LogP contribution in [0.1, 0.15) is 25.7 Å². The molecular weight excluding hydrogens is 530 g/mol. The molecule has 10 nitrogen and oxygen atoms in total. The van der Waals surface area contributed by atoms with E-state index < -0.39 is 24.3 Å². The Hall–Kier alpha value is -2.72. The molecule has 3 saturated heterocycles. The first-order valence-corrected chi connectivity index (χ1v) is 11.8. The molecule has 3 aliphatic rings. The van der Waals surface area contributed by atoms with E-state index in [0.717, 1.165) is 70.6 Å². The summed E-state index contributed by atoms with van der Waals surface area (Å²) in [6, 6.07) is 0. The van der Waals surface area contributed by atoms with Crippen molar-refractivity contribution in [3.05, 3.63) is 18.6 Å². The van der Waals surface area contributed by atoms with Gasteiger partial charge in [0.25, 0.3) is 0 Å². The highest BCUT2D eigenvalue weighted by atomic mass is 19.4. The molecule has 0 aromatic carbocycles. The number of carbonyl (C=O) groups is 2. The Morgan fingerprint density at radius 1 is 0.974 bits per heavy atom. The number of alkyl halides is 6. The minimum absolute atomic E-state index is 0.0425. The van der Waals surface area contributed by atoms with Gasteiger partial charge in [-0.3, -0.25) is 9.88 Å². The van der Waals surface area contributed by atoms with E-state index in [1.807, 2.05) is 6.20 Å². The van der Waals surface area contributed by atoms with Crippen LogP contribution in [0.15, 0.2) is 18.6 Å². The Bertz CT molecular complexity index is 857. The number of hydrogen-bond acceptors (Lipinski definition) is 8. The summed E-state index contributed by atoms with van der Waals surface area (Å²) in [5.41, 5.74) is -0.0425.